The zero-order valence-electron chi connectivity index (χ0n) is 13.3. The van der Waals surface area contributed by atoms with E-state index in [4.69, 9.17) is 5.73 Å². The second kappa shape index (κ2) is 7.71. The topological polar surface area (TPSA) is 53.6 Å². The minimum atomic E-state index is -0.0642. The van der Waals surface area contributed by atoms with Crippen LogP contribution in [0.4, 0.5) is 5.69 Å². The van der Waals surface area contributed by atoms with Crippen LogP contribution in [0.5, 0.6) is 0 Å². The van der Waals surface area contributed by atoms with Crippen molar-refractivity contribution in [2.45, 2.75) is 39.8 Å². The summed E-state index contributed by atoms with van der Waals surface area (Å²) >= 11 is 0. The number of halogens is 1. The molecule has 20 heavy (non-hydrogen) atoms. The van der Waals surface area contributed by atoms with E-state index in [0.29, 0.717) is 12.5 Å². The summed E-state index contributed by atoms with van der Waals surface area (Å²) in [7, 11) is 4.08. The van der Waals surface area contributed by atoms with Gasteiger partial charge < -0.3 is 16.0 Å². The number of benzene rings is 1. The lowest BCUT2D eigenvalue weighted by Crippen LogP contribution is -2.45. The Bertz CT molecular complexity index is 461. The first-order valence-electron chi connectivity index (χ1n) is 6.54. The van der Waals surface area contributed by atoms with Crippen molar-refractivity contribution < 1.29 is 0 Å². The van der Waals surface area contributed by atoms with Gasteiger partial charge in [-0.1, -0.05) is 12.1 Å². The van der Waals surface area contributed by atoms with Crippen LogP contribution in [0.2, 0.25) is 0 Å². The van der Waals surface area contributed by atoms with E-state index in [1.165, 1.54) is 16.8 Å². The number of nitrogens with one attached hydrogen (secondary N) is 1. The Morgan fingerprint density at radius 1 is 1.30 bits per heavy atom. The van der Waals surface area contributed by atoms with Gasteiger partial charge in [0.05, 0.1) is 6.54 Å². The van der Waals surface area contributed by atoms with Gasteiger partial charge in [0.1, 0.15) is 0 Å². The minimum absolute atomic E-state index is 0. The maximum absolute atomic E-state index is 5.89. The fourth-order valence-corrected chi connectivity index (χ4v) is 1.82. The first-order valence-corrected chi connectivity index (χ1v) is 6.54. The van der Waals surface area contributed by atoms with Crippen LogP contribution < -0.4 is 16.0 Å². The highest BCUT2D eigenvalue weighted by Gasteiger charge is 2.10. The first-order chi connectivity index (χ1) is 8.69. The molecule has 0 aliphatic heterocycles. The van der Waals surface area contributed by atoms with E-state index in [1.54, 1.807) is 0 Å². The normalized spacial score (nSPS) is 11.8. The van der Waals surface area contributed by atoms with Crippen molar-refractivity contribution in [1.82, 2.24) is 5.32 Å². The van der Waals surface area contributed by atoms with Gasteiger partial charge in [-0.25, -0.2) is 4.99 Å². The molecule has 0 saturated carbocycles. The number of hydrogen-bond donors (Lipinski definition) is 2. The Balaban J connectivity index is 0.00000361. The second-order valence-electron chi connectivity index (χ2n) is 6.10. The van der Waals surface area contributed by atoms with E-state index in [2.05, 4.69) is 61.1 Å². The SMILES string of the molecule is Cc1ccc(CN=C(N)NC(C)(C)C)c(N(C)C)c1.I. The molecule has 114 valence electrons. The van der Waals surface area contributed by atoms with E-state index >= 15 is 0 Å². The molecule has 0 amide bonds. The molecule has 0 aliphatic carbocycles. The summed E-state index contributed by atoms with van der Waals surface area (Å²) in [4.78, 5) is 6.51. The molecular formula is C15H27IN4. The van der Waals surface area contributed by atoms with Crippen molar-refractivity contribution in [3.05, 3.63) is 29.3 Å². The largest absolute Gasteiger partial charge is 0.377 e. The quantitative estimate of drug-likeness (QED) is 0.474. The number of nitrogens with two attached hydrogens (primary N) is 1. The lowest BCUT2D eigenvalue weighted by Gasteiger charge is -2.21. The summed E-state index contributed by atoms with van der Waals surface area (Å²) in [6.45, 7) is 8.86. The predicted molar refractivity (Wildman–Crippen MR) is 99.1 cm³/mol. The third-order valence-corrected chi connectivity index (χ3v) is 2.65. The van der Waals surface area contributed by atoms with Crippen LogP contribution in [0.25, 0.3) is 0 Å². The molecule has 0 bridgehead atoms. The van der Waals surface area contributed by atoms with E-state index in [0.717, 1.165) is 0 Å². The van der Waals surface area contributed by atoms with Gasteiger partial charge in [0.2, 0.25) is 0 Å². The van der Waals surface area contributed by atoms with Crippen LogP contribution in [0.15, 0.2) is 23.2 Å². The standard InChI is InChI=1S/C15H26N4.HI/c1-11-7-8-12(13(9-11)19(5)6)10-17-14(16)18-15(2,3)4;/h7-9H,10H2,1-6H3,(H3,16,17,18);1H. The molecule has 4 nitrogen and oxygen atoms in total. The van der Waals surface area contributed by atoms with Gasteiger partial charge in [0.15, 0.2) is 5.96 Å². The fraction of sp³-hybridized carbons (Fsp3) is 0.533. The summed E-state index contributed by atoms with van der Waals surface area (Å²) in [6.07, 6.45) is 0. The van der Waals surface area contributed by atoms with E-state index < -0.39 is 0 Å². The highest BCUT2D eigenvalue weighted by molar-refractivity contribution is 14.0. The lowest BCUT2D eigenvalue weighted by molar-refractivity contribution is 0.508. The van der Waals surface area contributed by atoms with Crippen LogP contribution in [-0.2, 0) is 6.54 Å². The van der Waals surface area contributed by atoms with Crippen molar-refractivity contribution in [3.8, 4) is 0 Å². The zero-order valence-corrected chi connectivity index (χ0v) is 15.6. The minimum Gasteiger partial charge on any atom is -0.377 e. The van der Waals surface area contributed by atoms with Gasteiger partial charge in [0, 0.05) is 25.3 Å². The average molecular weight is 390 g/mol. The highest BCUT2D eigenvalue weighted by atomic mass is 127. The van der Waals surface area contributed by atoms with E-state index in [-0.39, 0.29) is 29.5 Å². The maximum Gasteiger partial charge on any atom is 0.189 e. The molecular weight excluding hydrogens is 363 g/mol. The Morgan fingerprint density at radius 3 is 2.40 bits per heavy atom. The third kappa shape index (κ3) is 6.45. The molecule has 0 spiro atoms. The van der Waals surface area contributed by atoms with Gasteiger partial charge in [-0.2, -0.15) is 0 Å². The van der Waals surface area contributed by atoms with Crippen LogP contribution in [0.3, 0.4) is 0 Å². The summed E-state index contributed by atoms with van der Waals surface area (Å²) in [5.74, 6) is 0.484. The Morgan fingerprint density at radius 2 is 1.90 bits per heavy atom. The van der Waals surface area contributed by atoms with Gasteiger partial charge >= 0.3 is 0 Å². The predicted octanol–water partition coefficient (Wildman–Crippen LogP) is 2.88. The number of nitrogens with zero attached hydrogens (tertiary/aromatic N) is 2. The molecule has 0 saturated heterocycles. The molecule has 0 fully saturated rings. The van der Waals surface area contributed by atoms with Crippen molar-refractivity contribution in [3.63, 3.8) is 0 Å². The van der Waals surface area contributed by atoms with Gasteiger partial charge in [-0.3, -0.25) is 0 Å². The average Bonchev–Trinajstić information content (AvgIpc) is 2.24. The van der Waals surface area contributed by atoms with E-state index in [9.17, 15) is 0 Å². The zero-order chi connectivity index (χ0) is 14.6. The second-order valence-corrected chi connectivity index (χ2v) is 6.10. The molecule has 1 aromatic rings. The molecule has 0 atom stereocenters. The van der Waals surface area contributed by atoms with E-state index in [1.807, 2.05) is 14.1 Å². The Hall–Kier alpha value is -0.980. The molecule has 1 rings (SSSR count). The number of aryl methyl sites for hydroxylation is 1. The van der Waals surface area contributed by atoms with Gasteiger partial charge in [0.25, 0.3) is 0 Å². The van der Waals surface area contributed by atoms with Crippen LogP contribution in [-0.4, -0.2) is 25.6 Å². The smallest absolute Gasteiger partial charge is 0.189 e. The van der Waals surface area contributed by atoms with Gasteiger partial charge in [-0.05, 0) is 44.9 Å². The number of hydrogen-bond acceptors (Lipinski definition) is 2. The van der Waals surface area contributed by atoms with Crippen molar-refractivity contribution in [2.24, 2.45) is 10.7 Å². The summed E-state index contributed by atoms with van der Waals surface area (Å²) in [5, 5.41) is 3.16. The van der Waals surface area contributed by atoms with Crippen molar-refractivity contribution in [1.29, 1.82) is 0 Å². The lowest BCUT2D eigenvalue weighted by atomic mass is 10.1. The van der Waals surface area contributed by atoms with Crippen LogP contribution in [0, 0.1) is 6.92 Å². The summed E-state index contributed by atoms with van der Waals surface area (Å²) < 4.78 is 0. The fourth-order valence-electron chi connectivity index (χ4n) is 1.82. The Labute approximate surface area is 139 Å². The number of aliphatic imine (C=N–C) groups is 1. The highest BCUT2D eigenvalue weighted by Crippen LogP contribution is 2.21. The number of anilines is 1. The molecule has 0 aromatic heterocycles. The number of guanidine groups is 1. The maximum atomic E-state index is 5.89. The van der Waals surface area contributed by atoms with Crippen molar-refractivity contribution in [2.75, 3.05) is 19.0 Å². The molecule has 1 aromatic carbocycles. The molecule has 0 heterocycles. The molecule has 0 unspecified atom stereocenters. The third-order valence-electron chi connectivity index (χ3n) is 2.65. The van der Waals surface area contributed by atoms with Crippen molar-refractivity contribution >= 4 is 35.6 Å². The number of rotatable bonds is 3. The molecule has 0 radical (unpaired) electrons. The Kier molecular flexibility index (Phi) is 7.33. The molecule has 5 heteroatoms. The monoisotopic (exact) mass is 390 g/mol. The molecule has 3 N–H and O–H groups in total. The van der Waals surface area contributed by atoms with Crippen LogP contribution in [0.1, 0.15) is 31.9 Å². The molecule has 0 aliphatic rings. The van der Waals surface area contributed by atoms with Crippen LogP contribution >= 0.6 is 24.0 Å². The first kappa shape index (κ1) is 19.0. The van der Waals surface area contributed by atoms with Gasteiger partial charge in [-0.15, -0.1) is 24.0 Å². The summed E-state index contributed by atoms with van der Waals surface area (Å²) in [6, 6.07) is 6.38. The summed E-state index contributed by atoms with van der Waals surface area (Å²) in [5.41, 5.74) is 9.43.